The molecule has 82 valence electrons. The van der Waals surface area contributed by atoms with Crippen LogP contribution in [0.25, 0.3) is 21.7 Å². The van der Waals surface area contributed by atoms with E-state index in [1.807, 2.05) is 0 Å². The lowest BCUT2D eigenvalue weighted by molar-refractivity contribution is 0.883. The number of hydrogen-bond acceptors (Lipinski definition) is 2. The molecule has 4 rings (SSSR count). The van der Waals surface area contributed by atoms with Gasteiger partial charge in [0.2, 0.25) is 0 Å². The van der Waals surface area contributed by atoms with Crippen molar-refractivity contribution in [1.82, 2.24) is 10.2 Å². The van der Waals surface area contributed by atoms with Crippen molar-refractivity contribution in [2.75, 3.05) is 0 Å². The molecule has 17 heavy (non-hydrogen) atoms. The van der Waals surface area contributed by atoms with E-state index in [4.69, 9.17) is 0 Å². The molecule has 1 aliphatic carbocycles. The minimum atomic E-state index is 1.06. The van der Waals surface area contributed by atoms with Crippen molar-refractivity contribution in [2.45, 2.75) is 19.3 Å². The molecule has 2 nitrogen and oxygen atoms in total. The molecular formula is C15H12N2. The number of hydrogen-bond donors (Lipinski definition) is 0. The first-order valence-electron chi connectivity index (χ1n) is 6.09. The van der Waals surface area contributed by atoms with Crippen LogP contribution < -0.4 is 0 Å². The Morgan fingerprint density at radius 2 is 1.76 bits per heavy atom. The van der Waals surface area contributed by atoms with E-state index in [2.05, 4.69) is 46.6 Å². The maximum atomic E-state index is 4.43. The van der Waals surface area contributed by atoms with Crippen molar-refractivity contribution < 1.29 is 0 Å². The van der Waals surface area contributed by atoms with E-state index >= 15 is 0 Å². The summed E-state index contributed by atoms with van der Waals surface area (Å²) in [5.41, 5.74) is 3.68. The van der Waals surface area contributed by atoms with Gasteiger partial charge in [-0.1, -0.05) is 36.4 Å². The number of nitrogens with zero attached hydrogens (tertiary/aromatic N) is 2. The average molecular weight is 220 g/mol. The molecule has 0 radical (unpaired) electrons. The van der Waals surface area contributed by atoms with Gasteiger partial charge in [0, 0.05) is 10.8 Å². The molecule has 0 unspecified atom stereocenters. The third kappa shape index (κ3) is 1.21. The van der Waals surface area contributed by atoms with Crippen LogP contribution in [-0.4, -0.2) is 10.2 Å². The molecule has 1 aliphatic rings. The second-order valence-electron chi connectivity index (χ2n) is 4.66. The van der Waals surface area contributed by atoms with Gasteiger partial charge in [0.25, 0.3) is 0 Å². The smallest absolute Gasteiger partial charge is 0.101 e. The fraction of sp³-hybridized carbons (Fsp3) is 0.200. The van der Waals surface area contributed by atoms with Crippen molar-refractivity contribution in [1.29, 1.82) is 0 Å². The lowest BCUT2D eigenvalue weighted by Crippen LogP contribution is -1.94. The standard InChI is InChI=1S/C15H12N2/c1-2-5-11-10(4-1)8-9-13-12-6-3-7-14(12)16-17-15(11)13/h1-2,4-5,8-9H,3,6-7H2. The molecular weight excluding hydrogens is 208 g/mol. The van der Waals surface area contributed by atoms with E-state index in [9.17, 15) is 0 Å². The summed E-state index contributed by atoms with van der Waals surface area (Å²) in [6, 6.07) is 12.8. The van der Waals surface area contributed by atoms with E-state index in [-0.39, 0.29) is 0 Å². The monoisotopic (exact) mass is 220 g/mol. The van der Waals surface area contributed by atoms with E-state index < -0.39 is 0 Å². The van der Waals surface area contributed by atoms with Gasteiger partial charge >= 0.3 is 0 Å². The highest BCUT2D eigenvalue weighted by atomic mass is 15.1. The van der Waals surface area contributed by atoms with Gasteiger partial charge in [-0.3, -0.25) is 0 Å². The van der Waals surface area contributed by atoms with E-state index in [1.165, 1.54) is 33.8 Å². The number of fused-ring (bicyclic) bond motifs is 5. The second kappa shape index (κ2) is 3.27. The third-order valence-electron chi connectivity index (χ3n) is 3.69. The van der Waals surface area contributed by atoms with Crippen LogP contribution in [0.15, 0.2) is 36.4 Å². The first kappa shape index (κ1) is 9.11. The molecule has 0 saturated heterocycles. The third-order valence-corrected chi connectivity index (χ3v) is 3.69. The van der Waals surface area contributed by atoms with Gasteiger partial charge in [0.15, 0.2) is 0 Å². The zero-order chi connectivity index (χ0) is 11.2. The molecule has 3 aromatic rings. The predicted octanol–water partition coefficient (Wildman–Crippen LogP) is 3.27. The normalized spacial score (nSPS) is 14.4. The Bertz CT molecular complexity index is 731. The van der Waals surface area contributed by atoms with Crippen LogP contribution in [0, 0.1) is 0 Å². The zero-order valence-corrected chi connectivity index (χ0v) is 9.48. The molecule has 1 heterocycles. The zero-order valence-electron chi connectivity index (χ0n) is 9.48. The van der Waals surface area contributed by atoms with E-state index in [0.717, 1.165) is 18.4 Å². The fourth-order valence-electron chi connectivity index (χ4n) is 2.84. The van der Waals surface area contributed by atoms with Gasteiger partial charge in [0.1, 0.15) is 5.52 Å². The maximum Gasteiger partial charge on any atom is 0.101 e. The minimum absolute atomic E-state index is 1.06. The highest BCUT2D eigenvalue weighted by Crippen LogP contribution is 2.30. The molecule has 0 atom stereocenters. The summed E-state index contributed by atoms with van der Waals surface area (Å²) in [4.78, 5) is 0. The molecule has 0 fully saturated rings. The molecule has 0 N–H and O–H groups in total. The van der Waals surface area contributed by atoms with Crippen LogP contribution in [-0.2, 0) is 12.8 Å². The van der Waals surface area contributed by atoms with Crippen LogP contribution in [0.1, 0.15) is 17.7 Å². The van der Waals surface area contributed by atoms with Crippen LogP contribution in [0.3, 0.4) is 0 Å². The second-order valence-corrected chi connectivity index (χ2v) is 4.66. The number of aromatic nitrogens is 2. The maximum absolute atomic E-state index is 4.43. The minimum Gasteiger partial charge on any atom is -0.155 e. The lowest BCUT2D eigenvalue weighted by Gasteiger charge is -2.06. The van der Waals surface area contributed by atoms with Crippen molar-refractivity contribution in [3.8, 4) is 0 Å². The number of rotatable bonds is 0. The summed E-state index contributed by atoms with van der Waals surface area (Å²) in [6.07, 6.45) is 3.46. The lowest BCUT2D eigenvalue weighted by atomic mass is 10.0. The predicted molar refractivity (Wildman–Crippen MR) is 69.1 cm³/mol. The summed E-state index contributed by atoms with van der Waals surface area (Å²) in [6.45, 7) is 0. The summed E-state index contributed by atoms with van der Waals surface area (Å²) >= 11 is 0. The average Bonchev–Trinajstić information content (AvgIpc) is 2.86. The van der Waals surface area contributed by atoms with Crippen molar-refractivity contribution >= 4 is 21.7 Å². The summed E-state index contributed by atoms with van der Waals surface area (Å²) in [5, 5.41) is 12.6. The van der Waals surface area contributed by atoms with Crippen LogP contribution >= 0.6 is 0 Å². The number of aryl methyl sites for hydroxylation is 2. The van der Waals surface area contributed by atoms with Gasteiger partial charge in [-0.05, 0) is 30.2 Å². The van der Waals surface area contributed by atoms with Crippen LogP contribution in [0.4, 0.5) is 0 Å². The Balaban J connectivity index is 2.22. The largest absolute Gasteiger partial charge is 0.155 e. The highest BCUT2D eigenvalue weighted by molar-refractivity contribution is 6.06. The quantitative estimate of drug-likeness (QED) is 0.543. The molecule has 0 bridgehead atoms. The Morgan fingerprint density at radius 3 is 2.76 bits per heavy atom. The van der Waals surface area contributed by atoms with Crippen molar-refractivity contribution in [3.05, 3.63) is 47.7 Å². The molecule has 2 heteroatoms. The van der Waals surface area contributed by atoms with Gasteiger partial charge in [-0.15, -0.1) is 5.10 Å². The van der Waals surface area contributed by atoms with Gasteiger partial charge in [0.05, 0.1) is 5.69 Å². The molecule has 2 aromatic carbocycles. The molecule has 0 saturated carbocycles. The fourth-order valence-corrected chi connectivity index (χ4v) is 2.84. The Morgan fingerprint density at radius 1 is 0.824 bits per heavy atom. The van der Waals surface area contributed by atoms with Crippen molar-refractivity contribution in [2.24, 2.45) is 0 Å². The van der Waals surface area contributed by atoms with Crippen LogP contribution in [0.2, 0.25) is 0 Å². The van der Waals surface area contributed by atoms with Gasteiger partial charge in [-0.2, -0.15) is 5.10 Å². The highest BCUT2D eigenvalue weighted by Gasteiger charge is 2.16. The number of benzene rings is 2. The Hall–Kier alpha value is -1.96. The summed E-state index contributed by atoms with van der Waals surface area (Å²) in [7, 11) is 0. The molecule has 0 spiro atoms. The van der Waals surface area contributed by atoms with Gasteiger partial charge in [-0.25, -0.2) is 0 Å². The topological polar surface area (TPSA) is 25.8 Å². The molecule has 1 aromatic heterocycles. The van der Waals surface area contributed by atoms with Gasteiger partial charge < -0.3 is 0 Å². The Kier molecular flexibility index (Phi) is 1.75. The summed E-state index contributed by atoms with van der Waals surface area (Å²) < 4.78 is 0. The first-order chi connectivity index (χ1) is 8.43. The molecule has 0 aliphatic heterocycles. The van der Waals surface area contributed by atoms with E-state index in [0.29, 0.717) is 0 Å². The Labute approximate surface area is 99.3 Å². The first-order valence-corrected chi connectivity index (χ1v) is 6.09. The van der Waals surface area contributed by atoms with Crippen LogP contribution in [0.5, 0.6) is 0 Å². The molecule has 0 amide bonds. The SMILES string of the molecule is c1ccc2c(c1)ccc1c3c(nnc12)CCC3. The van der Waals surface area contributed by atoms with E-state index in [1.54, 1.807) is 0 Å². The van der Waals surface area contributed by atoms with Crippen molar-refractivity contribution in [3.63, 3.8) is 0 Å². The summed E-state index contributed by atoms with van der Waals surface area (Å²) in [5.74, 6) is 0.